The number of rotatable bonds is 1. The second-order valence-electron chi connectivity index (χ2n) is 4.63. The van der Waals surface area contributed by atoms with Crippen LogP contribution in [0.5, 0.6) is 0 Å². The summed E-state index contributed by atoms with van der Waals surface area (Å²) >= 11 is 0. The maximum absolute atomic E-state index is 3.45. The zero-order valence-corrected chi connectivity index (χ0v) is 8.76. The van der Waals surface area contributed by atoms with Crippen LogP contribution in [0.25, 0.3) is 0 Å². The Morgan fingerprint density at radius 3 is 2.54 bits per heavy atom. The lowest BCUT2D eigenvalue weighted by Crippen LogP contribution is -2.45. The van der Waals surface area contributed by atoms with E-state index in [0.29, 0.717) is 0 Å². The van der Waals surface area contributed by atoms with Gasteiger partial charge in [-0.2, -0.15) is 0 Å². The Hall–Kier alpha value is -0.0800. The zero-order valence-electron chi connectivity index (χ0n) is 8.76. The fraction of sp³-hybridized carbons (Fsp3) is 1.00. The lowest BCUT2D eigenvalue weighted by atomic mass is 9.84. The van der Waals surface area contributed by atoms with E-state index in [-0.39, 0.29) is 0 Å². The lowest BCUT2D eigenvalue weighted by molar-refractivity contribution is 0.110. The van der Waals surface area contributed by atoms with Crippen LogP contribution in [0.15, 0.2) is 0 Å². The molecule has 2 aliphatic heterocycles. The summed E-state index contributed by atoms with van der Waals surface area (Å²) in [5, 5.41) is 3.45. The standard InChI is InChI=1S/C11H22N2/c1-13-9-3-2-4-11(13)10-5-7-12-8-6-10/h10-12H,2-9H2,1H3. The van der Waals surface area contributed by atoms with Gasteiger partial charge in [-0.05, 0) is 58.3 Å². The van der Waals surface area contributed by atoms with E-state index in [1.807, 2.05) is 0 Å². The Kier molecular flexibility index (Phi) is 3.23. The molecule has 2 rings (SSSR count). The topological polar surface area (TPSA) is 15.3 Å². The molecular formula is C11H22N2. The Labute approximate surface area is 81.7 Å². The van der Waals surface area contributed by atoms with E-state index in [1.165, 1.54) is 51.7 Å². The van der Waals surface area contributed by atoms with Crippen molar-refractivity contribution in [3.05, 3.63) is 0 Å². The molecule has 2 heteroatoms. The number of nitrogens with one attached hydrogen (secondary N) is 1. The number of likely N-dealkylation sites (tertiary alicyclic amines) is 1. The number of hydrogen-bond donors (Lipinski definition) is 1. The van der Waals surface area contributed by atoms with Crippen molar-refractivity contribution in [1.82, 2.24) is 10.2 Å². The first kappa shape index (κ1) is 9.47. The van der Waals surface area contributed by atoms with Gasteiger partial charge in [0.1, 0.15) is 0 Å². The Balaban J connectivity index is 1.88. The fourth-order valence-corrected chi connectivity index (χ4v) is 2.93. The molecule has 0 aromatic carbocycles. The summed E-state index contributed by atoms with van der Waals surface area (Å²) in [6, 6.07) is 0.899. The molecule has 0 aromatic heterocycles. The predicted octanol–water partition coefficient (Wildman–Crippen LogP) is 1.47. The van der Waals surface area contributed by atoms with Crippen molar-refractivity contribution in [2.45, 2.75) is 38.1 Å². The first-order chi connectivity index (χ1) is 6.38. The molecular weight excluding hydrogens is 160 g/mol. The minimum atomic E-state index is 0.899. The van der Waals surface area contributed by atoms with Crippen LogP contribution in [-0.2, 0) is 0 Å². The maximum Gasteiger partial charge on any atom is 0.0121 e. The molecule has 2 saturated heterocycles. The van der Waals surface area contributed by atoms with Gasteiger partial charge in [0.05, 0.1) is 0 Å². The second-order valence-corrected chi connectivity index (χ2v) is 4.63. The van der Waals surface area contributed by atoms with Gasteiger partial charge in [0, 0.05) is 6.04 Å². The SMILES string of the molecule is CN1CCCCC1C1CCNCC1. The van der Waals surface area contributed by atoms with Crippen LogP contribution >= 0.6 is 0 Å². The van der Waals surface area contributed by atoms with Crippen molar-refractivity contribution in [3.63, 3.8) is 0 Å². The third-order valence-electron chi connectivity index (χ3n) is 3.75. The summed E-state index contributed by atoms with van der Waals surface area (Å²) in [6.07, 6.45) is 7.11. The van der Waals surface area contributed by atoms with Gasteiger partial charge in [0.25, 0.3) is 0 Å². The van der Waals surface area contributed by atoms with Gasteiger partial charge < -0.3 is 10.2 Å². The van der Waals surface area contributed by atoms with Crippen LogP contribution in [0, 0.1) is 5.92 Å². The Morgan fingerprint density at radius 1 is 1.08 bits per heavy atom. The van der Waals surface area contributed by atoms with E-state index in [9.17, 15) is 0 Å². The molecule has 0 amide bonds. The maximum atomic E-state index is 3.45. The highest BCUT2D eigenvalue weighted by atomic mass is 15.1. The lowest BCUT2D eigenvalue weighted by Gasteiger charge is -2.39. The Bertz CT molecular complexity index is 152. The molecule has 0 saturated carbocycles. The highest BCUT2D eigenvalue weighted by Gasteiger charge is 2.28. The van der Waals surface area contributed by atoms with Crippen molar-refractivity contribution in [2.75, 3.05) is 26.7 Å². The van der Waals surface area contributed by atoms with Crippen molar-refractivity contribution in [3.8, 4) is 0 Å². The summed E-state index contributed by atoms with van der Waals surface area (Å²) in [6.45, 7) is 3.82. The van der Waals surface area contributed by atoms with Crippen molar-refractivity contribution >= 4 is 0 Å². The quantitative estimate of drug-likeness (QED) is 0.660. The third-order valence-corrected chi connectivity index (χ3v) is 3.75. The van der Waals surface area contributed by atoms with Gasteiger partial charge in [0.15, 0.2) is 0 Å². The van der Waals surface area contributed by atoms with E-state index in [0.717, 1.165) is 12.0 Å². The summed E-state index contributed by atoms with van der Waals surface area (Å²) < 4.78 is 0. The molecule has 2 aliphatic rings. The fourth-order valence-electron chi connectivity index (χ4n) is 2.93. The first-order valence-electron chi connectivity index (χ1n) is 5.79. The molecule has 1 unspecified atom stereocenters. The molecule has 13 heavy (non-hydrogen) atoms. The molecule has 0 aromatic rings. The highest BCUT2D eigenvalue weighted by molar-refractivity contribution is 4.84. The first-order valence-corrected chi connectivity index (χ1v) is 5.79. The molecule has 0 spiro atoms. The van der Waals surface area contributed by atoms with Crippen LogP contribution in [0.4, 0.5) is 0 Å². The molecule has 2 heterocycles. The van der Waals surface area contributed by atoms with E-state index in [1.54, 1.807) is 0 Å². The van der Waals surface area contributed by atoms with Crippen LogP contribution < -0.4 is 5.32 Å². The smallest absolute Gasteiger partial charge is 0.0121 e. The van der Waals surface area contributed by atoms with Gasteiger partial charge in [-0.25, -0.2) is 0 Å². The molecule has 0 bridgehead atoms. The Morgan fingerprint density at radius 2 is 1.85 bits per heavy atom. The zero-order chi connectivity index (χ0) is 9.10. The van der Waals surface area contributed by atoms with E-state index >= 15 is 0 Å². The molecule has 1 atom stereocenters. The summed E-state index contributed by atoms with van der Waals surface area (Å²) in [5.41, 5.74) is 0. The third kappa shape index (κ3) is 2.23. The van der Waals surface area contributed by atoms with Gasteiger partial charge in [-0.1, -0.05) is 6.42 Å². The molecule has 76 valence electrons. The largest absolute Gasteiger partial charge is 0.317 e. The van der Waals surface area contributed by atoms with Crippen LogP contribution in [-0.4, -0.2) is 37.6 Å². The van der Waals surface area contributed by atoms with Crippen molar-refractivity contribution < 1.29 is 0 Å². The molecule has 0 radical (unpaired) electrons. The average molecular weight is 182 g/mol. The molecule has 2 fully saturated rings. The minimum Gasteiger partial charge on any atom is -0.317 e. The summed E-state index contributed by atoms with van der Waals surface area (Å²) in [4.78, 5) is 2.60. The number of piperidine rings is 2. The number of nitrogens with zero attached hydrogens (tertiary/aromatic N) is 1. The minimum absolute atomic E-state index is 0.899. The van der Waals surface area contributed by atoms with Crippen molar-refractivity contribution in [1.29, 1.82) is 0 Å². The molecule has 1 N–H and O–H groups in total. The predicted molar refractivity (Wildman–Crippen MR) is 55.9 cm³/mol. The second kappa shape index (κ2) is 4.43. The monoisotopic (exact) mass is 182 g/mol. The van der Waals surface area contributed by atoms with Crippen molar-refractivity contribution in [2.24, 2.45) is 5.92 Å². The molecule has 0 aliphatic carbocycles. The summed E-state index contributed by atoms with van der Waals surface area (Å²) in [7, 11) is 2.31. The highest BCUT2D eigenvalue weighted by Crippen LogP contribution is 2.27. The van der Waals surface area contributed by atoms with Gasteiger partial charge in [-0.3, -0.25) is 0 Å². The van der Waals surface area contributed by atoms with Crippen LogP contribution in [0.1, 0.15) is 32.1 Å². The van der Waals surface area contributed by atoms with Gasteiger partial charge in [0.2, 0.25) is 0 Å². The van der Waals surface area contributed by atoms with E-state index < -0.39 is 0 Å². The molecule has 2 nitrogen and oxygen atoms in total. The summed E-state index contributed by atoms with van der Waals surface area (Å²) in [5.74, 6) is 0.978. The number of hydrogen-bond acceptors (Lipinski definition) is 2. The van der Waals surface area contributed by atoms with Crippen LogP contribution in [0.3, 0.4) is 0 Å². The van der Waals surface area contributed by atoms with Gasteiger partial charge >= 0.3 is 0 Å². The average Bonchev–Trinajstić information content (AvgIpc) is 2.20. The van der Waals surface area contributed by atoms with Gasteiger partial charge in [-0.15, -0.1) is 0 Å². The normalized spacial score (nSPS) is 33.5. The van der Waals surface area contributed by atoms with Crippen LogP contribution in [0.2, 0.25) is 0 Å². The van der Waals surface area contributed by atoms with E-state index in [2.05, 4.69) is 17.3 Å². The van der Waals surface area contributed by atoms with E-state index in [4.69, 9.17) is 0 Å².